The van der Waals surface area contributed by atoms with Gasteiger partial charge in [-0.3, -0.25) is 9.59 Å². The Morgan fingerprint density at radius 2 is 2.06 bits per heavy atom. The minimum Gasteiger partial charge on any atom is -0.361 e. The van der Waals surface area contributed by atoms with Crippen LogP contribution in [0.15, 0.2) is 40.4 Å². The molecule has 7 nitrogen and oxygen atoms in total. The summed E-state index contributed by atoms with van der Waals surface area (Å²) in [6.45, 7) is 6.89. The first kappa shape index (κ1) is 23.2. The van der Waals surface area contributed by atoms with Crippen LogP contribution >= 0.6 is 11.3 Å². The second-order valence-electron chi connectivity index (χ2n) is 8.57. The number of nitrogens with zero attached hydrogens (tertiary/aromatic N) is 3. The molecule has 0 aliphatic carbocycles. The highest BCUT2D eigenvalue weighted by Gasteiger charge is 2.38. The highest BCUT2D eigenvalue weighted by atomic mass is 32.1. The lowest BCUT2D eigenvalue weighted by Gasteiger charge is -2.27. The number of hydrogen-bond acceptors (Lipinski definition) is 6. The zero-order valence-corrected chi connectivity index (χ0v) is 20.2. The fourth-order valence-electron chi connectivity index (χ4n) is 4.40. The van der Waals surface area contributed by atoms with Crippen LogP contribution in [0, 0.1) is 13.8 Å². The van der Waals surface area contributed by atoms with Gasteiger partial charge in [0.25, 0.3) is 0 Å². The van der Waals surface area contributed by atoms with E-state index in [1.54, 1.807) is 16.2 Å². The lowest BCUT2D eigenvalue weighted by Crippen LogP contribution is -2.47. The van der Waals surface area contributed by atoms with Crippen molar-refractivity contribution in [1.82, 2.24) is 20.4 Å². The molecule has 2 aromatic heterocycles. The minimum absolute atomic E-state index is 0.0351. The Morgan fingerprint density at radius 1 is 1.27 bits per heavy atom. The molecular weight excluding hydrogens is 436 g/mol. The van der Waals surface area contributed by atoms with Gasteiger partial charge in [0.15, 0.2) is 0 Å². The first-order chi connectivity index (χ1) is 16.0. The van der Waals surface area contributed by atoms with Crippen LogP contribution in [0.5, 0.6) is 0 Å². The molecule has 0 radical (unpaired) electrons. The van der Waals surface area contributed by atoms with Crippen LogP contribution in [0.1, 0.15) is 61.2 Å². The smallest absolute Gasteiger partial charge is 0.243 e. The van der Waals surface area contributed by atoms with Crippen LogP contribution in [0.3, 0.4) is 0 Å². The van der Waals surface area contributed by atoms with Crippen LogP contribution in [0.25, 0.3) is 10.4 Å². The molecule has 3 heterocycles. The molecule has 0 saturated carbocycles. The van der Waals surface area contributed by atoms with Crippen molar-refractivity contribution in [1.29, 1.82) is 0 Å². The second kappa shape index (κ2) is 10.3. The van der Waals surface area contributed by atoms with Gasteiger partial charge < -0.3 is 14.7 Å². The molecule has 1 aliphatic heterocycles. The Hall–Kier alpha value is -3.00. The lowest BCUT2D eigenvalue weighted by molar-refractivity contribution is -0.139. The molecule has 1 saturated heterocycles. The van der Waals surface area contributed by atoms with Gasteiger partial charge >= 0.3 is 0 Å². The number of benzene rings is 1. The molecule has 1 aliphatic rings. The van der Waals surface area contributed by atoms with Gasteiger partial charge in [0.2, 0.25) is 11.8 Å². The van der Waals surface area contributed by atoms with Crippen LogP contribution in [-0.2, 0) is 16.1 Å². The van der Waals surface area contributed by atoms with Gasteiger partial charge in [-0.2, -0.15) is 0 Å². The number of nitrogens with one attached hydrogen (secondary N) is 1. The molecule has 4 rings (SSSR count). The molecule has 2 atom stereocenters. The molecule has 33 heavy (non-hydrogen) atoms. The molecule has 0 unspecified atom stereocenters. The summed E-state index contributed by atoms with van der Waals surface area (Å²) >= 11 is 1.62. The number of hydrogen-bond donors (Lipinski definition) is 1. The average Bonchev–Trinajstić information content (AvgIpc) is 3.57. The van der Waals surface area contributed by atoms with Crippen LogP contribution in [-0.4, -0.2) is 39.4 Å². The first-order valence-corrected chi connectivity index (χ1v) is 12.4. The zero-order chi connectivity index (χ0) is 23.4. The maximum atomic E-state index is 13.4. The minimum atomic E-state index is -0.441. The van der Waals surface area contributed by atoms with E-state index in [1.807, 2.05) is 44.5 Å². The van der Waals surface area contributed by atoms with Crippen molar-refractivity contribution in [3.63, 3.8) is 0 Å². The van der Waals surface area contributed by atoms with Gasteiger partial charge in [-0.05, 0) is 44.2 Å². The number of likely N-dealkylation sites (tertiary alicyclic amines) is 1. The third-order valence-electron chi connectivity index (χ3n) is 6.15. The van der Waals surface area contributed by atoms with E-state index in [0.29, 0.717) is 37.4 Å². The molecule has 8 heteroatoms. The van der Waals surface area contributed by atoms with Crippen LogP contribution in [0.2, 0.25) is 0 Å². The first-order valence-electron chi connectivity index (χ1n) is 11.5. The van der Waals surface area contributed by atoms with E-state index < -0.39 is 6.04 Å². The predicted octanol–water partition coefficient (Wildman–Crippen LogP) is 4.61. The van der Waals surface area contributed by atoms with Crippen molar-refractivity contribution in [3.05, 3.63) is 58.6 Å². The quantitative estimate of drug-likeness (QED) is 0.524. The number of rotatable bonds is 8. The number of amides is 2. The van der Waals surface area contributed by atoms with E-state index in [1.165, 1.54) is 0 Å². The van der Waals surface area contributed by atoms with E-state index in [4.69, 9.17) is 4.52 Å². The summed E-state index contributed by atoms with van der Waals surface area (Å²) in [5.41, 5.74) is 5.67. The van der Waals surface area contributed by atoms with Gasteiger partial charge in [-0.15, -0.1) is 11.3 Å². The number of aryl methyl sites for hydroxylation is 2. The number of thiazole rings is 1. The summed E-state index contributed by atoms with van der Waals surface area (Å²) < 4.78 is 5.20. The highest BCUT2D eigenvalue weighted by Crippen LogP contribution is 2.29. The monoisotopic (exact) mass is 466 g/mol. The predicted molar refractivity (Wildman–Crippen MR) is 128 cm³/mol. The van der Waals surface area contributed by atoms with Crippen molar-refractivity contribution in [2.45, 2.75) is 65.0 Å². The van der Waals surface area contributed by atoms with Crippen molar-refractivity contribution >= 4 is 23.2 Å². The van der Waals surface area contributed by atoms with E-state index in [2.05, 4.69) is 27.6 Å². The third kappa shape index (κ3) is 5.16. The van der Waals surface area contributed by atoms with E-state index in [9.17, 15) is 9.59 Å². The molecule has 3 aromatic rings. The van der Waals surface area contributed by atoms with Crippen LogP contribution in [0.4, 0.5) is 0 Å². The van der Waals surface area contributed by atoms with E-state index in [0.717, 1.165) is 34.5 Å². The fraction of sp³-hybridized carbons (Fsp3) is 0.440. The van der Waals surface area contributed by atoms with Gasteiger partial charge in [0.05, 0.1) is 27.7 Å². The molecule has 2 amide bonds. The Balaban J connectivity index is 1.39. The van der Waals surface area contributed by atoms with Gasteiger partial charge in [0.1, 0.15) is 11.8 Å². The molecule has 1 N–H and O–H groups in total. The Bertz CT molecular complexity index is 1110. The van der Waals surface area contributed by atoms with Gasteiger partial charge in [0, 0.05) is 19.2 Å². The Labute approximate surface area is 198 Å². The summed E-state index contributed by atoms with van der Waals surface area (Å²) in [7, 11) is 0. The molecular formula is C25H30N4O3S. The summed E-state index contributed by atoms with van der Waals surface area (Å²) in [5.74, 6) is 0.177. The summed E-state index contributed by atoms with van der Waals surface area (Å²) in [6.07, 6.45) is 3.03. The molecule has 0 spiro atoms. The van der Waals surface area contributed by atoms with Gasteiger partial charge in [-0.25, -0.2) is 4.98 Å². The van der Waals surface area contributed by atoms with E-state index in [-0.39, 0.29) is 17.7 Å². The standard InChI is InChI=1S/C25H30N4O3S/c1-4-6-20(21-13-16(2)32-28-21)25(31)29-12-5-7-22(29)24(30)26-14-18-8-10-19(11-9-18)23-17(3)27-15-33-23/h8-11,13,15,20,22H,4-7,12,14H2,1-3H3,(H,26,30)/t20-,22+/m1/s1. The number of carbonyl (C=O) groups excluding carboxylic acids is 2. The Morgan fingerprint density at radius 3 is 2.70 bits per heavy atom. The normalized spacial score (nSPS) is 16.7. The number of carbonyl (C=O) groups is 2. The van der Waals surface area contributed by atoms with Crippen molar-refractivity contribution in [3.8, 4) is 10.4 Å². The summed E-state index contributed by atoms with van der Waals surface area (Å²) in [5, 5.41) is 7.11. The average molecular weight is 467 g/mol. The van der Waals surface area contributed by atoms with Crippen LogP contribution < -0.4 is 5.32 Å². The van der Waals surface area contributed by atoms with Gasteiger partial charge in [-0.1, -0.05) is 42.8 Å². The lowest BCUT2D eigenvalue weighted by atomic mass is 9.97. The molecule has 174 valence electrons. The van der Waals surface area contributed by atoms with Crippen molar-refractivity contribution in [2.24, 2.45) is 0 Å². The zero-order valence-electron chi connectivity index (χ0n) is 19.3. The molecule has 0 bridgehead atoms. The second-order valence-corrected chi connectivity index (χ2v) is 9.43. The summed E-state index contributed by atoms with van der Waals surface area (Å²) in [6, 6.07) is 9.54. The molecule has 1 aromatic carbocycles. The largest absolute Gasteiger partial charge is 0.361 e. The topological polar surface area (TPSA) is 88.3 Å². The maximum Gasteiger partial charge on any atom is 0.243 e. The number of aromatic nitrogens is 2. The van der Waals surface area contributed by atoms with E-state index >= 15 is 0 Å². The maximum absolute atomic E-state index is 13.4. The Kier molecular flexibility index (Phi) is 7.23. The SMILES string of the molecule is CCC[C@@H](C(=O)N1CCC[C@H]1C(=O)NCc1ccc(-c2scnc2C)cc1)c1cc(C)on1. The van der Waals surface area contributed by atoms with Crippen molar-refractivity contribution in [2.75, 3.05) is 6.54 Å². The highest BCUT2D eigenvalue weighted by molar-refractivity contribution is 7.13. The molecule has 1 fully saturated rings. The summed E-state index contributed by atoms with van der Waals surface area (Å²) in [4.78, 5) is 33.6. The van der Waals surface area contributed by atoms with Crippen molar-refractivity contribution < 1.29 is 14.1 Å². The fourth-order valence-corrected chi connectivity index (χ4v) is 5.21. The third-order valence-corrected chi connectivity index (χ3v) is 7.12.